The number of hydrogen-bond acceptors (Lipinski definition) is 2. The van der Waals surface area contributed by atoms with E-state index in [0.717, 1.165) is 17.4 Å². The van der Waals surface area contributed by atoms with Gasteiger partial charge in [-0.05, 0) is 60.4 Å². The summed E-state index contributed by atoms with van der Waals surface area (Å²) >= 11 is 0. The Bertz CT molecular complexity index is 752. The maximum absolute atomic E-state index is 11.8. The fourth-order valence-electron chi connectivity index (χ4n) is 4.74. The smallest absolute Gasteiger partial charge is 0.338 e. The standard InChI is InChI=1S/C28H38O2/c1-3-5-6-7-22-8-10-23(11-9-22)12-13-24-14-16-25(17-15-24)26-18-20-27(21-19-26)28(29)30-4-2/h14-23H,3-13H2,1-2H3. The Morgan fingerprint density at radius 2 is 1.37 bits per heavy atom. The van der Waals surface area contributed by atoms with Crippen LogP contribution in [0.4, 0.5) is 0 Å². The van der Waals surface area contributed by atoms with Crippen molar-refractivity contribution in [1.82, 2.24) is 0 Å². The summed E-state index contributed by atoms with van der Waals surface area (Å²) in [5, 5.41) is 0. The van der Waals surface area contributed by atoms with E-state index in [4.69, 9.17) is 4.74 Å². The summed E-state index contributed by atoms with van der Waals surface area (Å²) in [4.78, 5) is 11.8. The molecule has 162 valence electrons. The van der Waals surface area contributed by atoms with Crippen LogP contribution < -0.4 is 0 Å². The number of esters is 1. The van der Waals surface area contributed by atoms with Crippen molar-refractivity contribution in [3.8, 4) is 11.1 Å². The van der Waals surface area contributed by atoms with Gasteiger partial charge in [0.15, 0.2) is 0 Å². The van der Waals surface area contributed by atoms with E-state index < -0.39 is 0 Å². The van der Waals surface area contributed by atoms with Crippen LogP contribution in [0.15, 0.2) is 48.5 Å². The second-order valence-electron chi connectivity index (χ2n) is 8.92. The zero-order valence-corrected chi connectivity index (χ0v) is 18.9. The fourth-order valence-corrected chi connectivity index (χ4v) is 4.74. The number of ether oxygens (including phenoxy) is 1. The molecule has 1 fully saturated rings. The minimum absolute atomic E-state index is 0.255. The number of rotatable bonds is 10. The Balaban J connectivity index is 1.44. The van der Waals surface area contributed by atoms with Gasteiger partial charge in [0.05, 0.1) is 12.2 Å². The number of hydrogen-bond donors (Lipinski definition) is 0. The lowest BCUT2D eigenvalue weighted by Crippen LogP contribution is -2.15. The van der Waals surface area contributed by atoms with Crippen LogP contribution >= 0.6 is 0 Å². The molecule has 1 saturated carbocycles. The summed E-state index contributed by atoms with van der Waals surface area (Å²) in [6.07, 6.45) is 13.9. The van der Waals surface area contributed by atoms with Crippen LogP contribution in [0.3, 0.4) is 0 Å². The topological polar surface area (TPSA) is 26.3 Å². The van der Waals surface area contributed by atoms with Gasteiger partial charge in [-0.25, -0.2) is 4.79 Å². The van der Waals surface area contributed by atoms with Gasteiger partial charge >= 0.3 is 5.97 Å². The largest absolute Gasteiger partial charge is 0.462 e. The van der Waals surface area contributed by atoms with Crippen LogP contribution in [0, 0.1) is 11.8 Å². The van der Waals surface area contributed by atoms with E-state index in [9.17, 15) is 4.79 Å². The molecular formula is C28H38O2. The lowest BCUT2D eigenvalue weighted by Gasteiger charge is -2.28. The van der Waals surface area contributed by atoms with Crippen LogP contribution in [0.2, 0.25) is 0 Å². The summed E-state index contributed by atoms with van der Waals surface area (Å²) in [5.74, 6) is 1.67. The highest BCUT2D eigenvalue weighted by atomic mass is 16.5. The fraction of sp³-hybridized carbons (Fsp3) is 0.536. The van der Waals surface area contributed by atoms with Gasteiger partial charge in [0.2, 0.25) is 0 Å². The second-order valence-corrected chi connectivity index (χ2v) is 8.92. The first kappa shape index (κ1) is 22.6. The Labute approximate surface area is 183 Å². The minimum Gasteiger partial charge on any atom is -0.462 e. The van der Waals surface area contributed by atoms with E-state index in [1.54, 1.807) is 0 Å². The summed E-state index contributed by atoms with van der Waals surface area (Å²) in [5.41, 5.74) is 4.38. The molecule has 0 amide bonds. The van der Waals surface area contributed by atoms with Gasteiger partial charge < -0.3 is 4.74 Å². The predicted molar refractivity (Wildman–Crippen MR) is 126 cm³/mol. The molecular weight excluding hydrogens is 368 g/mol. The molecule has 0 saturated heterocycles. The Morgan fingerprint density at radius 1 is 0.800 bits per heavy atom. The molecule has 0 heterocycles. The van der Waals surface area contributed by atoms with E-state index in [-0.39, 0.29) is 5.97 Å². The average Bonchev–Trinajstić information content (AvgIpc) is 2.79. The summed E-state index contributed by atoms with van der Waals surface area (Å²) < 4.78 is 5.05. The van der Waals surface area contributed by atoms with Gasteiger partial charge in [-0.3, -0.25) is 0 Å². The zero-order chi connectivity index (χ0) is 21.2. The maximum Gasteiger partial charge on any atom is 0.338 e. The predicted octanol–water partition coefficient (Wildman–Crippen LogP) is 7.85. The molecule has 0 radical (unpaired) electrons. The molecule has 2 aromatic rings. The Kier molecular flexibility index (Phi) is 8.99. The van der Waals surface area contributed by atoms with Crippen LogP contribution in [-0.4, -0.2) is 12.6 Å². The minimum atomic E-state index is -0.255. The summed E-state index contributed by atoms with van der Waals surface area (Å²) in [7, 11) is 0. The van der Waals surface area contributed by atoms with Crippen LogP contribution in [0.25, 0.3) is 11.1 Å². The molecule has 3 rings (SSSR count). The summed E-state index contributed by atoms with van der Waals surface area (Å²) in [6, 6.07) is 16.6. The average molecular weight is 407 g/mol. The molecule has 2 nitrogen and oxygen atoms in total. The molecule has 1 aliphatic carbocycles. The molecule has 0 bridgehead atoms. The summed E-state index contributed by atoms with van der Waals surface area (Å²) in [6.45, 7) is 4.53. The van der Waals surface area contributed by atoms with Gasteiger partial charge in [-0.1, -0.05) is 94.7 Å². The molecule has 2 heteroatoms. The molecule has 0 aliphatic heterocycles. The van der Waals surface area contributed by atoms with Crippen LogP contribution in [-0.2, 0) is 11.2 Å². The van der Waals surface area contributed by atoms with Crippen LogP contribution in [0.5, 0.6) is 0 Å². The molecule has 0 atom stereocenters. The van der Waals surface area contributed by atoms with Crippen molar-refractivity contribution in [2.75, 3.05) is 6.61 Å². The first-order chi connectivity index (χ1) is 14.7. The SMILES string of the molecule is CCCCCC1CCC(CCc2ccc(-c3ccc(C(=O)OCC)cc3)cc2)CC1. The third kappa shape index (κ3) is 6.72. The van der Waals surface area contributed by atoms with E-state index in [2.05, 4.69) is 31.2 Å². The molecule has 0 spiro atoms. The number of aryl methyl sites for hydroxylation is 1. The van der Waals surface area contributed by atoms with E-state index >= 15 is 0 Å². The molecule has 0 aromatic heterocycles. The number of carbonyl (C=O) groups is 1. The van der Waals surface area contributed by atoms with Gasteiger partial charge in [-0.2, -0.15) is 0 Å². The van der Waals surface area contributed by atoms with Gasteiger partial charge in [0.25, 0.3) is 0 Å². The zero-order valence-electron chi connectivity index (χ0n) is 18.9. The van der Waals surface area contributed by atoms with Crippen molar-refractivity contribution in [2.24, 2.45) is 11.8 Å². The number of unbranched alkanes of at least 4 members (excludes halogenated alkanes) is 2. The third-order valence-electron chi connectivity index (χ3n) is 6.71. The normalized spacial score (nSPS) is 18.9. The Morgan fingerprint density at radius 3 is 1.93 bits per heavy atom. The van der Waals surface area contributed by atoms with Crippen molar-refractivity contribution in [2.45, 2.75) is 78.1 Å². The molecule has 2 aromatic carbocycles. The highest BCUT2D eigenvalue weighted by molar-refractivity contribution is 5.90. The van der Waals surface area contributed by atoms with Crippen molar-refractivity contribution < 1.29 is 9.53 Å². The highest BCUT2D eigenvalue weighted by Gasteiger charge is 2.20. The van der Waals surface area contributed by atoms with Crippen molar-refractivity contribution in [1.29, 1.82) is 0 Å². The first-order valence-electron chi connectivity index (χ1n) is 12.1. The van der Waals surface area contributed by atoms with Crippen molar-refractivity contribution in [3.05, 3.63) is 59.7 Å². The first-order valence-corrected chi connectivity index (χ1v) is 12.1. The maximum atomic E-state index is 11.8. The molecule has 1 aliphatic rings. The molecule has 0 N–H and O–H groups in total. The van der Waals surface area contributed by atoms with Crippen LogP contribution in [0.1, 0.15) is 87.6 Å². The van der Waals surface area contributed by atoms with Gasteiger partial charge in [0.1, 0.15) is 0 Å². The van der Waals surface area contributed by atoms with E-state index in [1.807, 2.05) is 31.2 Å². The third-order valence-corrected chi connectivity index (χ3v) is 6.71. The van der Waals surface area contributed by atoms with E-state index in [0.29, 0.717) is 12.2 Å². The van der Waals surface area contributed by atoms with E-state index in [1.165, 1.54) is 75.3 Å². The lowest BCUT2D eigenvalue weighted by atomic mass is 9.78. The Hall–Kier alpha value is -2.09. The van der Waals surface area contributed by atoms with Crippen molar-refractivity contribution >= 4 is 5.97 Å². The lowest BCUT2D eigenvalue weighted by molar-refractivity contribution is 0.0526. The quantitative estimate of drug-likeness (QED) is 0.296. The number of carbonyl (C=O) groups excluding carboxylic acids is 1. The number of benzene rings is 2. The monoisotopic (exact) mass is 406 g/mol. The van der Waals surface area contributed by atoms with Crippen molar-refractivity contribution in [3.63, 3.8) is 0 Å². The van der Waals surface area contributed by atoms with Gasteiger partial charge in [0, 0.05) is 0 Å². The van der Waals surface area contributed by atoms with Gasteiger partial charge in [-0.15, -0.1) is 0 Å². The molecule has 0 unspecified atom stereocenters. The second kappa shape index (κ2) is 11.9. The highest BCUT2D eigenvalue weighted by Crippen LogP contribution is 2.34. The molecule has 30 heavy (non-hydrogen) atoms.